The number of hydrogen-bond acceptors (Lipinski definition) is 2. The van der Waals surface area contributed by atoms with Crippen LogP contribution >= 0.6 is 0 Å². The fourth-order valence-corrected chi connectivity index (χ4v) is 1.91. The molecular formula is C17H14O2. The molecular weight excluding hydrogens is 236 g/mol. The maximum Gasteiger partial charge on any atom is 0.333 e. The molecule has 2 heteroatoms. The topological polar surface area (TPSA) is 26.3 Å². The molecule has 0 radical (unpaired) electrons. The Morgan fingerprint density at radius 3 is 2.58 bits per heavy atom. The average Bonchev–Trinajstić information content (AvgIpc) is 2.45. The zero-order valence-electron chi connectivity index (χ0n) is 10.9. The van der Waals surface area contributed by atoms with E-state index in [1.807, 2.05) is 36.4 Å². The lowest BCUT2D eigenvalue weighted by atomic mass is 10.0. The van der Waals surface area contributed by atoms with E-state index in [-0.39, 0.29) is 5.97 Å². The Bertz CT molecular complexity index is 703. The van der Waals surface area contributed by atoms with Crippen molar-refractivity contribution in [3.63, 3.8) is 0 Å². The number of hydrogen-bond donors (Lipinski definition) is 0. The van der Waals surface area contributed by atoms with Gasteiger partial charge in [-0.15, -0.1) is 6.42 Å². The molecule has 2 nitrogen and oxygen atoms in total. The Labute approximate surface area is 112 Å². The maximum atomic E-state index is 11.4. The molecule has 0 fully saturated rings. The van der Waals surface area contributed by atoms with Crippen molar-refractivity contribution in [1.82, 2.24) is 0 Å². The smallest absolute Gasteiger partial charge is 0.333 e. The molecule has 2 aromatic carbocycles. The van der Waals surface area contributed by atoms with E-state index in [4.69, 9.17) is 6.42 Å². The largest absolute Gasteiger partial charge is 0.466 e. The molecule has 0 aromatic heterocycles. The third-order valence-electron chi connectivity index (χ3n) is 2.92. The number of ether oxygens (including phenoxy) is 1. The van der Waals surface area contributed by atoms with E-state index >= 15 is 0 Å². The number of benzene rings is 2. The normalized spacial score (nSPS) is 11.1. The molecule has 0 spiro atoms. The second-order valence-electron chi connectivity index (χ2n) is 4.28. The van der Waals surface area contributed by atoms with E-state index in [0.29, 0.717) is 5.57 Å². The highest BCUT2D eigenvalue weighted by molar-refractivity contribution is 5.94. The minimum atomic E-state index is -0.317. The van der Waals surface area contributed by atoms with Crippen LogP contribution < -0.4 is 0 Å². The molecule has 0 saturated carbocycles. The first-order valence-electron chi connectivity index (χ1n) is 5.91. The van der Waals surface area contributed by atoms with Crippen LogP contribution in [0.15, 0.2) is 42.0 Å². The van der Waals surface area contributed by atoms with Crippen LogP contribution in [0.4, 0.5) is 0 Å². The summed E-state index contributed by atoms with van der Waals surface area (Å²) in [5.74, 6) is 2.30. The monoisotopic (exact) mass is 250 g/mol. The highest BCUT2D eigenvalue weighted by Gasteiger charge is 2.03. The number of fused-ring (bicyclic) bond motifs is 1. The molecule has 0 unspecified atom stereocenters. The number of terminal acetylenes is 1. The van der Waals surface area contributed by atoms with Gasteiger partial charge in [-0.3, -0.25) is 0 Å². The zero-order chi connectivity index (χ0) is 13.8. The van der Waals surface area contributed by atoms with Crippen LogP contribution in [0.5, 0.6) is 0 Å². The molecule has 0 N–H and O–H groups in total. The molecule has 0 bridgehead atoms. The van der Waals surface area contributed by atoms with Gasteiger partial charge < -0.3 is 4.74 Å². The molecule has 0 aliphatic rings. The molecule has 2 aromatic rings. The Hall–Kier alpha value is -2.53. The van der Waals surface area contributed by atoms with Crippen LogP contribution in [0.3, 0.4) is 0 Å². The summed E-state index contributed by atoms with van der Waals surface area (Å²) >= 11 is 0. The van der Waals surface area contributed by atoms with E-state index in [1.165, 1.54) is 7.11 Å². The van der Waals surface area contributed by atoms with E-state index in [0.717, 1.165) is 21.9 Å². The lowest BCUT2D eigenvalue weighted by Gasteiger charge is -2.02. The van der Waals surface area contributed by atoms with E-state index in [9.17, 15) is 4.79 Å². The van der Waals surface area contributed by atoms with Crippen molar-refractivity contribution in [1.29, 1.82) is 0 Å². The highest BCUT2D eigenvalue weighted by Crippen LogP contribution is 2.19. The van der Waals surface area contributed by atoms with Crippen LogP contribution in [-0.2, 0) is 9.53 Å². The standard InChI is InChI=1S/C17H14O2/c1-4-13-5-7-16-11-14(6-8-15(16)10-13)9-12(2)17(18)19-3/h1,5-11H,2-3H3/b12-9-. The third-order valence-corrected chi connectivity index (χ3v) is 2.92. The van der Waals surface area contributed by atoms with Crippen LogP contribution in [0.25, 0.3) is 16.8 Å². The second-order valence-corrected chi connectivity index (χ2v) is 4.28. The quantitative estimate of drug-likeness (QED) is 0.464. The molecule has 94 valence electrons. The fraction of sp³-hybridized carbons (Fsp3) is 0.118. The lowest BCUT2D eigenvalue weighted by Crippen LogP contribution is -2.00. The first-order chi connectivity index (χ1) is 9.13. The first-order valence-corrected chi connectivity index (χ1v) is 5.91. The molecule has 0 aliphatic carbocycles. The van der Waals surface area contributed by atoms with Crippen LogP contribution in [-0.4, -0.2) is 13.1 Å². The Kier molecular flexibility index (Phi) is 3.68. The summed E-state index contributed by atoms with van der Waals surface area (Å²) in [6, 6.07) is 11.8. The van der Waals surface area contributed by atoms with Gasteiger partial charge in [0, 0.05) is 11.1 Å². The minimum absolute atomic E-state index is 0.317. The van der Waals surface area contributed by atoms with Crippen molar-refractivity contribution in [2.75, 3.05) is 7.11 Å². The molecule has 0 heterocycles. The van der Waals surface area contributed by atoms with Crippen molar-refractivity contribution in [3.05, 3.63) is 53.1 Å². The summed E-state index contributed by atoms with van der Waals surface area (Å²) in [7, 11) is 1.38. The van der Waals surface area contributed by atoms with Gasteiger partial charge in [0.05, 0.1) is 7.11 Å². The number of esters is 1. The predicted molar refractivity (Wildman–Crippen MR) is 77.6 cm³/mol. The van der Waals surface area contributed by atoms with Crippen LogP contribution in [0, 0.1) is 12.3 Å². The molecule has 0 amide bonds. The minimum Gasteiger partial charge on any atom is -0.466 e. The molecule has 2 rings (SSSR count). The van der Waals surface area contributed by atoms with E-state index in [1.54, 1.807) is 13.0 Å². The van der Waals surface area contributed by atoms with Gasteiger partial charge in [-0.2, -0.15) is 0 Å². The summed E-state index contributed by atoms with van der Waals surface area (Å²) in [5.41, 5.74) is 2.40. The predicted octanol–water partition coefficient (Wildman–Crippen LogP) is 3.40. The van der Waals surface area contributed by atoms with Crippen molar-refractivity contribution in [3.8, 4) is 12.3 Å². The SMILES string of the molecule is C#Cc1ccc2cc(/C=C(/C)C(=O)OC)ccc2c1. The molecule has 0 aliphatic heterocycles. The average molecular weight is 250 g/mol. The second kappa shape index (κ2) is 5.41. The highest BCUT2D eigenvalue weighted by atomic mass is 16.5. The van der Waals surface area contributed by atoms with Crippen LogP contribution in [0.2, 0.25) is 0 Å². The van der Waals surface area contributed by atoms with Gasteiger partial charge in [-0.25, -0.2) is 4.79 Å². The van der Waals surface area contributed by atoms with Crippen molar-refractivity contribution < 1.29 is 9.53 Å². The van der Waals surface area contributed by atoms with Crippen LogP contribution in [0.1, 0.15) is 18.1 Å². The summed E-state index contributed by atoms with van der Waals surface area (Å²) in [6.07, 6.45) is 7.18. The van der Waals surface area contributed by atoms with E-state index < -0.39 is 0 Å². The molecule has 0 atom stereocenters. The Morgan fingerprint density at radius 2 is 1.89 bits per heavy atom. The number of rotatable bonds is 2. The fourth-order valence-electron chi connectivity index (χ4n) is 1.91. The lowest BCUT2D eigenvalue weighted by molar-refractivity contribution is -0.135. The van der Waals surface area contributed by atoms with Crippen molar-refractivity contribution in [2.24, 2.45) is 0 Å². The zero-order valence-corrected chi connectivity index (χ0v) is 10.9. The van der Waals surface area contributed by atoms with E-state index in [2.05, 4.69) is 10.7 Å². The molecule has 0 saturated heterocycles. The number of carbonyl (C=O) groups is 1. The van der Waals surface area contributed by atoms with Gasteiger partial charge in [0.1, 0.15) is 0 Å². The van der Waals surface area contributed by atoms with Crippen molar-refractivity contribution >= 4 is 22.8 Å². The number of methoxy groups -OCH3 is 1. The third kappa shape index (κ3) is 2.83. The van der Waals surface area contributed by atoms with Gasteiger partial charge in [-0.05, 0) is 47.5 Å². The summed E-state index contributed by atoms with van der Waals surface area (Å²) < 4.78 is 4.67. The van der Waals surface area contributed by atoms with Gasteiger partial charge in [0.25, 0.3) is 0 Å². The van der Waals surface area contributed by atoms with Gasteiger partial charge in [-0.1, -0.05) is 24.1 Å². The Balaban J connectivity index is 2.43. The van der Waals surface area contributed by atoms with Gasteiger partial charge >= 0.3 is 5.97 Å². The first kappa shape index (κ1) is 12.9. The summed E-state index contributed by atoms with van der Waals surface area (Å²) in [4.78, 5) is 11.4. The van der Waals surface area contributed by atoms with Crippen molar-refractivity contribution in [2.45, 2.75) is 6.92 Å². The van der Waals surface area contributed by atoms with Gasteiger partial charge in [0.2, 0.25) is 0 Å². The Morgan fingerprint density at radius 1 is 1.21 bits per heavy atom. The summed E-state index contributed by atoms with van der Waals surface area (Å²) in [5, 5.41) is 2.17. The molecule has 19 heavy (non-hydrogen) atoms. The summed E-state index contributed by atoms with van der Waals surface area (Å²) in [6.45, 7) is 1.73. The number of carbonyl (C=O) groups excluding carboxylic acids is 1. The maximum absolute atomic E-state index is 11.4. The van der Waals surface area contributed by atoms with Gasteiger partial charge in [0.15, 0.2) is 0 Å².